The number of quaternary nitrogens is 1. The monoisotopic (exact) mass is 329 g/mol. The Morgan fingerprint density at radius 3 is 1.21 bits per heavy atom. The summed E-state index contributed by atoms with van der Waals surface area (Å²) in [6.07, 6.45) is 0. The fourth-order valence-electron chi connectivity index (χ4n) is 0.478. The van der Waals surface area contributed by atoms with Crippen LogP contribution < -0.4 is 5.73 Å². The topological polar surface area (TPSA) is 27.6 Å². The fraction of sp³-hybridized carbons (Fsp3) is 0. The van der Waals surface area contributed by atoms with Crippen LogP contribution in [0.5, 0.6) is 0 Å². The first-order valence-corrected chi connectivity index (χ1v) is 9.07. The van der Waals surface area contributed by atoms with Gasteiger partial charge in [-0.25, -0.2) is 0 Å². The van der Waals surface area contributed by atoms with Gasteiger partial charge < -0.3 is 5.73 Å². The van der Waals surface area contributed by atoms with Crippen LogP contribution in [0.25, 0.3) is 0 Å². The summed E-state index contributed by atoms with van der Waals surface area (Å²) in [5.74, 6) is 0. The third kappa shape index (κ3) is 22.6. The SMILES string of the molecule is [F][Sb-]([F])([F])([F])([F])[F].[NH3+]c1ccccc1. The minimum atomic E-state index is -11.2. The van der Waals surface area contributed by atoms with Crippen LogP contribution in [-0.4, -0.2) is 19.5 Å². The summed E-state index contributed by atoms with van der Waals surface area (Å²) in [4.78, 5) is 0. The van der Waals surface area contributed by atoms with E-state index >= 15 is 0 Å². The second-order valence-electron chi connectivity index (χ2n) is 2.44. The van der Waals surface area contributed by atoms with Gasteiger partial charge in [0.1, 0.15) is 5.69 Å². The minimum absolute atomic E-state index is 1.07. The smallest absolute Gasteiger partial charge is 0.127 e. The second-order valence-corrected chi connectivity index (χ2v) is 7.91. The summed E-state index contributed by atoms with van der Waals surface area (Å²) in [5.41, 5.74) is 4.79. The van der Waals surface area contributed by atoms with Crippen molar-refractivity contribution in [3.8, 4) is 0 Å². The molecule has 0 bridgehead atoms. The minimum Gasteiger partial charge on any atom is -0.325 e. The van der Waals surface area contributed by atoms with E-state index in [4.69, 9.17) is 0 Å². The largest absolute Gasteiger partial charge is 0.325 e. The van der Waals surface area contributed by atoms with Crippen molar-refractivity contribution in [2.75, 3.05) is 0 Å². The Bertz CT molecular complexity index is 278. The molecule has 0 aliphatic carbocycles. The summed E-state index contributed by atoms with van der Waals surface area (Å²) in [5, 5.41) is 0. The Morgan fingerprint density at radius 2 is 1.07 bits per heavy atom. The molecule has 0 aromatic heterocycles. The number of halogens is 6. The Balaban J connectivity index is 0.000000241. The summed E-state index contributed by atoms with van der Waals surface area (Å²) in [6, 6.07) is 9.87. The quantitative estimate of drug-likeness (QED) is 0.560. The summed E-state index contributed by atoms with van der Waals surface area (Å²) >= 11 is -11.2. The van der Waals surface area contributed by atoms with Crippen molar-refractivity contribution < 1.29 is 22.6 Å². The molecule has 1 rings (SSSR count). The molecule has 8 heteroatoms. The number of hydrogen-bond donors (Lipinski definition) is 1. The molecule has 0 aliphatic heterocycles. The maximum absolute atomic E-state index is 11.2. The van der Waals surface area contributed by atoms with Crippen LogP contribution in [-0.2, 0) is 0 Å². The number of hydrogen-bond acceptors (Lipinski definition) is 0. The molecule has 14 heavy (non-hydrogen) atoms. The van der Waals surface area contributed by atoms with Crippen molar-refractivity contribution in [2.45, 2.75) is 0 Å². The van der Waals surface area contributed by atoms with Gasteiger partial charge in [0.15, 0.2) is 0 Å². The predicted molar refractivity (Wildman–Crippen MR) is 41.4 cm³/mol. The molecule has 1 nitrogen and oxygen atoms in total. The van der Waals surface area contributed by atoms with Gasteiger partial charge in [-0.15, -0.1) is 0 Å². The molecule has 0 unspecified atom stereocenters. The normalized spacial score (nSPS) is 15.9. The van der Waals surface area contributed by atoms with Gasteiger partial charge in [0, 0.05) is 0 Å². The fourth-order valence-corrected chi connectivity index (χ4v) is 0.478. The molecule has 1 aromatic rings. The van der Waals surface area contributed by atoms with E-state index in [9.17, 15) is 16.9 Å². The van der Waals surface area contributed by atoms with Gasteiger partial charge in [0.05, 0.1) is 0 Å². The molecule has 0 saturated carbocycles. The average molecular weight is 330 g/mol. The molecule has 0 amide bonds. The Morgan fingerprint density at radius 1 is 0.786 bits per heavy atom. The van der Waals surface area contributed by atoms with Crippen LogP contribution in [0.1, 0.15) is 0 Å². The van der Waals surface area contributed by atoms with Crippen molar-refractivity contribution in [3.05, 3.63) is 30.3 Å². The van der Waals surface area contributed by atoms with Crippen molar-refractivity contribution in [1.29, 1.82) is 0 Å². The summed E-state index contributed by atoms with van der Waals surface area (Å²) in [7, 11) is 0. The first-order chi connectivity index (χ1) is 5.84. The van der Waals surface area contributed by atoms with E-state index in [1.54, 1.807) is 0 Å². The molecule has 0 aliphatic rings. The zero-order valence-electron chi connectivity index (χ0n) is 6.81. The van der Waals surface area contributed by atoms with Gasteiger partial charge in [-0.05, 0) is 12.1 Å². The van der Waals surface area contributed by atoms with Crippen LogP contribution in [0.4, 0.5) is 22.6 Å². The van der Waals surface area contributed by atoms with Crippen LogP contribution >= 0.6 is 0 Å². The van der Waals surface area contributed by atoms with Gasteiger partial charge in [0.2, 0.25) is 0 Å². The van der Waals surface area contributed by atoms with Gasteiger partial charge in [0.25, 0.3) is 0 Å². The molecule has 0 heterocycles. The van der Waals surface area contributed by atoms with Crippen LogP contribution in [0.15, 0.2) is 30.3 Å². The molecule has 0 spiro atoms. The van der Waals surface area contributed by atoms with Crippen molar-refractivity contribution in [3.63, 3.8) is 0 Å². The van der Waals surface area contributed by atoms with E-state index in [-0.39, 0.29) is 0 Å². The summed E-state index contributed by atoms with van der Waals surface area (Å²) in [6.45, 7) is 0. The van der Waals surface area contributed by atoms with Crippen LogP contribution in [0.2, 0.25) is 0 Å². The summed E-state index contributed by atoms with van der Waals surface area (Å²) < 4.78 is 59.6. The van der Waals surface area contributed by atoms with Crippen molar-refractivity contribution in [2.24, 2.45) is 0 Å². The number of benzene rings is 1. The van der Waals surface area contributed by atoms with Crippen molar-refractivity contribution >= 4 is 25.2 Å². The van der Waals surface area contributed by atoms with E-state index in [0.29, 0.717) is 0 Å². The van der Waals surface area contributed by atoms with Gasteiger partial charge in [-0.3, -0.25) is 0 Å². The van der Waals surface area contributed by atoms with Crippen LogP contribution in [0.3, 0.4) is 0 Å². The Hall–Kier alpha value is -0.422. The molecule has 0 fully saturated rings. The van der Waals surface area contributed by atoms with Crippen molar-refractivity contribution in [1.82, 2.24) is 0 Å². The predicted octanol–water partition coefficient (Wildman–Crippen LogP) is 2.70. The average Bonchev–Trinajstić information content (AvgIpc) is 1.81. The number of rotatable bonds is 0. The molecule has 1 aromatic carbocycles. The Kier molecular flexibility index (Phi) is 3.21. The molecule has 0 atom stereocenters. The first-order valence-electron chi connectivity index (χ1n) is 3.28. The molecule has 0 saturated heterocycles. The van der Waals surface area contributed by atoms with Gasteiger partial charge in [-0.1, -0.05) is 18.2 Å². The van der Waals surface area contributed by atoms with E-state index in [1.165, 1.54) is 0 Å². The first kappa shape index (κ1) is 13.6. The Labute approximate surface area is 78.4 Å². The zero-order valence-corrected chi connectivity index (χ0v) is 9.36. The van der Waals surface area contributed by atoms with E-state index in [0.717, 1.165) is 5.69 Å². The molecule has 0 radical (unpaired) electrons. The maximum Gasteiger partial charge on any atom is 0.127 e. The van der Waals surface area contributed by atoms with Gasteiger partial charge >= 0.3 is 36.4 Å². The molecular weight excluding hydrogens is 322 g/mol. The second kappa shape index (κ2) is 3.31. The third-order valence-electron chi connectivity index (χ3n) is 0.843. The molecule has 84 valence electrons. The maximum atomic E-state index is 9.93. The molecule has 3 N–H and O–H groups in total. The van der Waals surface area contributed by atoms with Gasteiger partial charge in [-0.2, -0.15) is 0 Å². The van der Waals surface area contributed by atoms with E-state index in [2.05, 4.69) is 5.73 Å². The standard InChI is InChI=1S/C6H7N.6FH.Sb/c7-6-4-2-1-3-5-6;;;;;;;/h1-5H,7H2;6*1H;/q;;;;;;;+5/p-5. The third-order valence-corrected chi connectivity index (χ3v) is 0.843. The van der Waals surface area contributed by atoms with Crippen LogP contribution in [0, 0.1) is 0 Å². The zero-order chi connectivity index (χ0) is 11.5. The molecular formula is C6H8F6NSb. The van der Waals surface area contributed by atoms with E-state index < -0.39 is 19.5 Å². The van der Waals surface area contributed by atoms with E-state index in [1.807, 2.05) is 30.3 Å².